The Balaban J connectivity index is 1.31. The average Bonchev–Trinajstić information content (AvgIpc) is 2.84. The number of ether oxygens (including phenoxy) is 1. The molecule has 0 radical (unpaired) electrons. The van der Waals surface area contributed by atoms with Crippen LogP contribution in [0.25, 0.3) is 0 Å². The maximum absolute atomic E-state index is 13.5. The van der Waals surface area contributed by atoms with Crippen molar-refractivity contribution in [3.63, 3.8) is 0 Å². The van der Waals surface area contributed by atoms with E-state index in [-0.39, 0.29) is 5.91 Å². The van der Waals surface area contributed by atoms with Crippen molar-refractivity contribution in [1.29, 1.82) is 0 Å². The highest BCUT2D eigenvalue weighted by molar-refractivity contribution is 6.31. The van der Waals surface area contributed by atoms with E-state index in [2.05, 4.69) is 17.1 Å². The van der Waals surface area contributed by atoms with Crippen LogP contribution in [0.4, 0.5) is 5.69 Å². The SMILES string of the molecule is CC1CCN(CCCOc2ccc(NC(=O)C3(c4ccccc4Cl)CCCCC3)cc2)CC1. The fourth-order valence-corrected chi connectivity index (χ4v) is 5.59. The van der Waals surface area contributed by atoms with Gasteiger partial charge in [-0.25, -0.2) is 0 Å². The summed E-state index contributed by atoms with van der Waals surface area (Å²) in [5.74, 6) is 1.76. The van der Waals surface area contributed by atoms with Gasteiger partial charge in [0.15, 0.2) is 0 Å². The molecule has 0 bridgehead atoms. The predicted molar refractivity (Wildman–Crippen MR) is 136 cm³/mol. The van der Waals surface area contributed by atoms with Gasteiger partial charge in [0, 0.05) is 17.3 Å². The third-order valence-electron chi connectivity index (χ3n) is 7.41. The Morgan fingerprint density at radius 1 is 1.06 bits per heavy atom. The van der Waals surface area contributed by atoms with Crippen molar-refractivity contribution in [2.75, 3.05) is 31.6 Å². The van der Waals surface area contributed by atoms with E-state index in [0.29, 0.717) is 11.6 Å². The molecule has 2 aromatic carbocycles. The zero-order chi connectivity index (χ0) is 23.1. The number of carbonyl (C=O) groups excluding carboxylic acids is 1. The van der Waals surface area contributed by atoms with Gasteiger partial charge in [0.2, 0.25) is 5.91 Å². The number of halogens is 1. The summed E-state index contributed by atoms with van der Waals surface area (Å²) >= 11 is 6.53. The predicted octanol–water partition coefficient (Wildman–Crippen LogP) is 6.68. The maximum Gasteiger partial charge on any atom is 0.235 e. The summed E-state index contributed by atoms with van der Waals surface area (Å²) in [5, 5.41) is 3.84. The van der Waals surface area contributed by atoms with Gasteiger partial charge >= 0.3 is 0 Å². The third kappa shape index (κ3) is 6.10. The van der Waals surface area contributed by atoms with Crippen LogP contribution in [0, 0.1) is 5.92 Å². The van der Waals surface area contributed by atoms with Gasteiger partial charge in [-0.15, -0.1) is 0 Å². The Bertz CT molecular complexity index is 900. The zero-order valence-corrected chi connectivity index (χ0v) is 20.6. The minimum absolute atomic E-state index is 0.0415. The number of rotatable bonds is 8. The third-order valence-corrected chi connectivity index (χ3v) is 7.74. The summed E-state index contributed by atoms with van der Waals surface area (Å²) in [6.45, 7) is 6.59. The smallest absolute Gasteiger partial charge is 0.235 e. The van der Waals surface area contributed by atoms with Crippen molar-refractivity contribution in [2.24, 2.45) is 5.92 Å². The molecule has 4 rings (SSSR count). The van der Waals surface area contributed by atoms with Crippen LogP contribution in [-0.4, -0.2) is 37.0 Å². The standard InChI is InChI=1S/C28H37ClN2O2/c1-22-14-19-31(20-15-22)18-7-21-33-24-12-10-23(11-13-24)30-27(32)28(16-5-2-6-17-28)25-8-3-4-9-26(25)29/h3-4,8-13,22H,2,5-7,14-21H2,1H3,(H,30,32). The molecule has 1 aliphatic heterocycles. The van der Waals surface area contributed by atoms with Crippen molar-refractivity contribution in [3.05, 3.63) is 59.1 Å². The van der Waals surface area contributed by atoms with Crippen LogP contribution in [-0.2, 0) is 10.2 Å². The maximum atomic E-state index is 13.5. The van der Waals surface area contributed by atoms with Crippen LogP contribution >= 0.6 is 11.6 Å². The average molecular weight is 469 g/mol. The summed E-state index contributed by atoms with van der Waals surface area (Å²) in [5.41, 5.74) is 1.19. The second kappa shape index (κ2) is 11.4. The molecule has 0 spiro atoms. The molecule has 0 unspecified atom stereocenters. The van der Waals surface area contributed by atoms with Crippen LogP contribution in [0.5, 0.6) is 5.75 Å². The van der Waals surface area contributed by atoms with E-state index in [4.69, 9.17) is 16.3 Å². The lowest BCUT2D eigenvalue weighted by molar-refractivity contribution is -0.122. The van der Waals surface area contributed by atoms with Gasteiger partial charge in [-0.1, -0.05) is 56.0 Å². The highest BCUT2D eigenvalue weighted by atomic mass is 35.5. The topological polar surface area (TPSA) is 41.6 Å². The molecule has 1 saturated heterocycles. The highest BCUT2D eigenvalue weighted by Gasteiger charge is 2.42. The molecule has 2 aromatic rings. The molecule has 33 heavy (non-hydrogen) atoms. The summed E-state index contributed by atoms with van der Waals surface area (Å²) in [6, 6.07) is 15.6. The van der Waals surface area contributed by atoms with E-state index in [1.54, 1.807) is 0 Å². The minimum Gasteiger partial charge on any atom is -0.494 e. The van der Waals surface area contributed by atoms with Crippen molar-refractivity contribution in [3.8, 4) is 5.75 Å². The van der Waals surface area contributed by atoms with E-state index in [1.165, 1.54) is 32.4 Å². The quantitative estimate of drug-likeness (QED) is 0.439. The number of amides is 1. The van der Waals surface area contributed by atoms with E-state index in [0.717, 1.165) is 61.6 Å². The Hall–Kier alpha value is -2.04. The number of likely N-dealkylation sites (tertiary alicyclic amines) is 1. The van der Waals surface area contributed by atoms with E-state index >= 15 is 0 Å². The molecule has 2 fully saturated rings. The van der Waals surface area contributed by atoms with Crippen LogP contribution in [0.15, 0.2) is 48.5 Å². The van der Waals surface area contributed by atoms with E-state index < -0.39 is 5.41 Å². The van der Waals surface area contributed by atoms with Crippen molar-refractivity contribution < 1.29 is 9.53 Å². The van der Waals surface area contributed by atoms with E-state index in [9.17, 15) is 4.79 Å². The first-order chi connectivity index (χ1) is 16.1. The molecular formula is C28H37ClN2O2. The number of nitrogens with one attached hydrogen (secondary N) is 1. The molecule has 1 heterocycles. The van der Waals surface area contributed by atoms with Gasteiger partial charge in [0.25, 0.3) is 0 Å². The number of hydrogen-bond acceptors (Lipinski definition) is 3. The minimum atomic E-state index is -0.558. The Morgan fingerprint density at radius 2 is 1.76 bits per heavy atom. The van der Waals surface area contributed by atoms with Gasteiger partial charge in [-0.2, -0.15) is 0 Å². The normalized spacial score (nSPS) is 19.2. The molecule has 0 atom stereocenters. The van der Waals surface area contributed by atoms with Gasteiger partial charge in [0.05, 0.1) is 12.0 Å². The fourth-order valence-electron chi connectivity index (χ4n) is 5.27. The molecule has 4 nitrogen and oxygen atoms in total. The van der Waals surface area contributed by atoms with Gasteiger partial charge in [0.1, 0.15) is 5.75 Å². The zero-order valence-electron chi connectivity index (χ0n) is 19.8. The largest absolute Gasteiger partial charge is 0.494 e. The first kappa shape index (κ1) is 24.1. The van der Waals surface area contributed by atoms with Crippen LogP contribution in [0.3, 0.4) is 0 Å². The molecule has 178 valence electrons. The lowest BCUT2D eigenvalue weighted by atomic mass is 9.68. The lowest BCUT2D eigenvalue weighted by Gasteiger charge is -2.37. The van der Waals surface area contributed by atoms with Crippen molar-refractivity contribution in [2.45, 2.75) is 63.7 Å². The van der Waals surface area contributed by atoms with Crippen LogP contribution < -0.4 is 10.1 Å². The molecule has 2 aliphatic rings. The number of nitrogens with zero attached hydrogens (tertiary/aromatic N) is 1. The van der Waals surface area contributed by atoms with Crippen molar-refractivity contribution >= 4 is 23.2 Å². The summed E-state index contributed by atoms with van der Waals surface area (Å²) in [7, 11) is 0. The second-order valence-electron chi connectivity index (χ2n) is 9.83. The van der Waals surface area contributed by atoms with Gasteiger partial charge in [-0.3, -0.25) is 4.79 Å². The van der Waals surface area contributed by atoms with Crippen LogP contribution in [0.1, 0.15) is 63.9 Å². The molecule has 1 N–H and O–H groups in total. The molecule has 1 saturated carbocycles. The molecular weight excluding hydrogens is 432 g/mol. The summed E-state index contributed by atoms with van der Waals surface area (Å²) < 4.78 is 5.94. The monoisotopic (exact) mass is 468 g/mol. The second-order valence-corrected chi connectivity index (χ2v) is 10.2. The first-order valence-electron chi connectivity index (χ1n) is 12.6. The van der Waals surface area contributed by atoms with Crippen molar-refractivity contribution in [1.82, 2.24) is 4.90 Å². The number of anilines is 1. The number of hydrogen-bond donors (Lipinski definition) is 1. The Kier molecular flexibility index (Phi) is 8.32. The number of carbonyl (C=O) groups is 1. The lowest BCUT2D eigenvalue weighted by Crippen LogP contribution is -2.42. The first-order valence-corrected chi connectivity index (χ1v) is 13.0. The van der Waals surface area contributed by atoms with Gasteiger partial charge < -0.3 is 15.0 Å². The van der Waals surface area contributed by atoms with E-state index in [1.807, 2.05) is 48.5 Å². The summed E-state index contributed by atoms with van der Waals surface area (Å²) in [4.78, 5) is 16.0. The van der Waals surface area contributed by atoms with Crippen LogP contribution in [0.2, 0.25) is 5.02 Å². The van der Waals surface area contributed by atoms with Gasteiger partial charge in [-0.05, 0) is 87.0 Å². The molecule has 0 aromatic heterocycles. The fraction of sp³-hybridized carbons (Fsp3) is 0.536. The summed E-state index contributed by atoms with van der Waals surface area (Å²) in [6.07, 6.45) is 8.58. The molecule has 1 amide bonds. The number of piperidine rings is 1. The molecule has 1 aliphatic carbocycles. The number of benzene rings is 2. The molecule has 5 heteroatoms. The Morgan fingerprint density at radius 3 is 2.45 bits per heavy atom. The Labute approximate surface area is 203 Å². The highest BCUT2D eigenvalue weighted by Crippen LogP contribution is 2.43.